The molecule has 0 aliphatic rings. The van der Waals surface area contributed by atoms with Gasteiger partial charge in [-0.2, -0.15) is 5.10 Å². The van der Waals surface area contributed by atoms with Crippen LogP contribution < -0.4 is 10.9 Å². The van der Waals surface area contributed by atoms with Crippen molar-refractivity contribution in [2.45, 2.75) is 47.1 Å². The average molecular weight is 450 g/mol. The minimum atomic E-state index is -0.203. The van der Waals surface area contributed by atoms with Gasteiger partial charge in [-0.25, -0.2) is 9.67 Å². The number of nitrogens with zero attached hydrogens (tertiary/aromatic N) is 4. The van der Waals surface area contributed by atoms with Crippen molar-refractivity contribution >= 4 is 22.2 Å². The lowest BCUT2D eigenvalue weighted by Crippen LogP contribution is -2.37. The van der Waals surface area contributed by atoms with Crippen molar-refractivity contribution in [2.24, 2.45) is 5.92 Å². The van der Waals surface area contributed by atoms with Gasteiger partial charge in [0, 0.05) is 22.8 Å². The van der Waals surface area contributed by atoms with E-state index in [4.69, 9.17) is 5.10 Å². The first kappa shape index (κ1) is 22.0. The van der Waals surface area contributed by atoms with E-state index >= 15 is 0 Å². The van der Waals surface area contributed by atoms with Crippen LogP contribution in [0, 0.1) is 19.8 Å². The first-order chi connectivity index (χ1) is 15.3. The minimum Gasteiger partial charge on any atom is -0.353 e. The predicted molar refractivity (Wildman–Crippen MR) is 128 cm³/mol. The molecule has 0 bridgehead atoms. The van der Waals surface area contributed by atoms with Crippen molar-refractivity contribution in [1.82, 2.24) is 24.5 Å². The average Bonchev–Trinajstić information content (AvgIpc) is 3.32. The Morgan fingerprint density at radius 1 is 1.16 bits per heavy atom. The quantitative estimate of drug-likeness (QED) is 0.484. The molecule has 0 spiro atoms. The highest BCUT2D eigenvalue weighted by molar-refractivity contribution is 7.15. The van der Waals surface area contributed by atoms with E-state index in [1.807, 2.05) is 67.2 Å². The molecule has 0 saturated heterocycles. The van der Waals surface area contributed by atoms with E-state index in [1.54, 1.807) is 4.40 Å². The van der Waals surface area contributed by atoms with Crippen LogP contribution in [0.2, 0.25) is 0 Å². The number of fused-ring (bicyclic) bond motifs is 1. The molecule has 166 valence electrons. The number of para-hydroxylation sites is 1. The molecule has 0 aliphatic heterocycles. The summed E-state index contributed by atoms with van der Waals surface area (Å²) in [6.45, 7) is 9.88. The monoisotopic (exact) mass is 449 g/mol. The Labute approximate surface area is 190 Å². The molecule has 4 rings (SSSR count). The maximum Gasteiger partial charge on any atom is 0.268 e. The normalized spacial score (nSPS) is 12.4. The van der Waals surface area contributed by atoms with Crippen LogP contribution in [0.1, 0.15) is 37.9 Å². The zero-order chi connectivity index (χ0) is 23.0. The highest BCUT2D eigenvalue weighted by Gasteiger charge is 2.20. The molecule has 7 nitrogen and oxygen atoms in total. The number of rotatable bonds is 6. The summed E-state index contributed by atoms with van der Waals surface area (Å²) in [4.78, 5) is 31.3. The summed E-state index contributed by atoms with van der Waals surface area (Å²) >= 11 is 1.36. The molecule has 3 heterocycles. The van der Waals surface area contributed by atoms with Gasteiger partial charge in [-0.15, -0.1) is 11.3 Å². The number of hydrogen-bond donors (Lipinski definition) is 1. The van der Waals surface area contributed by atoms with Crippen LogP contribution in [-0.2, 0) is 11.2 Å². The lowest BCUT2D eigenvalue weighted by atomic mass is 10.1. The van der Waals surface area contributed by atoms with Gasteiger partial charge in [0.2, 0.25) is 5.91 Å². The van der Waals surface area contributed by atoms with Crippen LogP contribution in [0.4, 0.5) is 0 Å². The Balaban J connectivity index is 1.75. The van der Waals surface area contributed by atoms with Gasteiger partial charge >= 0.3 is 0 Å². The zero-order valence-electron chi connectivity index (χ0n) is 18.9. The maximum absolute atomic E-state index is 13.5. The smallest absolute Gasteiger partial charge is 0.268 e. The summed E-state index contributed by atoms with van der Waals surface area (Å²) in [5.41, 5.74) is 3.93. The molecular formula is C24H27N5O2S. The number of thiazole rings is 1. The number of hydrogen-bond acceptors (Lipinski definition) is 5. The van der Waals surface area contributed by atoms with Crippen LogP contribution in [0.5, 0.6) is 0 Å². The lowest BCUT2D eigenvalue weighted by molar-refractivity contribution is -0.121. The molecule has 0 saturated carbocycles. The van der Waals surface area contributed by atoms with E-state index in [2.05, 4.69) is 24.1 Å². The van der Waals surface area contributed by atoms with Gasteiger partial charge in [-0.05, 0) is 44.9 Å². The second kappa shape index (κ2) is 8.70. The number of carbonyl (C=O) groups excluding carboxylic acids is 1. The van der Waals surface area contributed by atoms with E-state index in [0.717, 1.165) is 11.4 Å². The molecule has 0 aliphatic carbocycles. The summed E-state index contributed by atoms with van der Waals surface area (Å²) in [6.07, 6.45) is 0.124. The summed E-state index contributed by atoms with van der Waals surface area (Å²) in [5.74, 6) is 0.226. The van der Waals surface area contributed by atoms with Crippen LogP contribution in [0.25, 0.3) is 21.9 Å². The fourth-order valence-corrected chi connectivity index (χ4v) is 4.51. The van der Waals surface area contributed by atoms with Gasteiger partial charge in [0.25, 0.3) is 5.56 Å². The van der Waals surface area contributed by atoms with Gasteiger partial charge in [-0.1, -0.05) is 32.0 Å². The van der Waals surface area contributed by atoms with Gasteiger partial charge in [0.05, 0.1) is 23.4 Å². The molecule has 1 N–H and O–H groups in total. The van der Waals surface area contributed by atoms with Gasteiger partial charge < -0.3 is 5.32 Å². The lowest BCUT2D eigenvalue weighted by Gasteiger charge is -2.17. The Hall–Kier alpha value is -3.26. The van der Waals surface area contributed by atoms with E-state index in [1.165, 1.54) is 11.3 Å². The first-order valence-electron chi connectivity index (χ1n) is 10.7. The Bertz CT molecular complexity index is 1330. The third kappa shape index (κ3) is 4.10. The van der Waals surface area contributed by atoms with Crippen LogP contribution in [-0.4, -0.2) is 31.1 Å². The minimum absolute atomic E-state index is 0.0602. The largest absolute Gasteiger partial charge is 0.353 e. The number of carbonyl (C=O) groups is 1. The molecule has 1 aromatic carbocycles. The second-order valence-corrected chi connectivity index (χ2v) is 9.25. The van der Waals surface area contributed by atoms with E-state index in [9.17, 15) is 9.59 Å². The van der Waals surface area contributed by atoms with Crippen molar-refractivity contribution in [2.75, 3.05) is 0 Å². The van der Waals surface area contributed by atoms with E-state index in [-0.39, 0.29) is 23.9 Å². The summed E-state index contributed by atoms with van der Waals surface area (Å²) in [6, 6.07) is 11.8. The topological polar surface area (TPSA) is 81.3 Å². The fourth-order valence-electron chi connectivity index (χ4n) is 3.59. The second-order valence-electron chi connectivity index (χ2n) is 8.42. The molecule has 32 heavy (non-hydrogen) atoms. The van der Waals surface area contributed by atoms with E-state index in [0.29, 0.717) is 33.5 Å². The van der Waals surface area contributed by atoms with Gasteiger partial charge in [0.15, 0.2) is 4.96 Å². The molecule has 3 aromatic heterocycles. The third-order valence-corrected chi connectivity index (χ3v) is 6.57. The molecular weight excluding hydrogens is 422 g/mol. The molecule has 1 unspecified atom stereocenters. The summed E-state index contributed by atoms with van der Waals surface area (Å²) in [7, 11) is 0. The zero-order valence-corrected chi connectivity index (χ0v) is 19.7. The highest BCUT2D eigenvalue weighted by Crippen LogP contribution is 2.23. The summed E-state index contributed by atoms with van der Waals surface area (Å²) in [5, 5.41) is 9.54. The predicted octanol–water partition coefficient (Wildman–Crippen LogP) is 3.93. The maximum atomic E-state index is 13.5. The molecule has 8 heteroatoms. The van der Waals surface area contributed by atoms with Crippen molar-refractivity contribution in [3.05, 3.63) is 69.2 Å². The highest BCUT2D eigenvalue weighted by atomic mass is 32.1. The van der Waals surface area contributed by atoms with Crippen molar-refractivity contribution in [3.8, 4) is 16.9 Å². The van der Waals surface area contributed by atoms with Crippen LogP contribution >= 0.6 is 11.3 Å². The SMILES string of the molecule is Cc1nc2scc(CC(=O)NC(C)C(C)C)n2c(=O)c1-c1cc(C)n(-c2ccccc2)n1. The van der Waals surface area contributed by atoms with E-state index < -0.39 is 0 Å². The third-order valence-electron chi connectivity index (χ3n) is 5.70. The number of aromatic nitrogens is 4. The molecule has 0 radical (unpaired) electrons. The Morgan fingerprint density at radius 2 is 1.88 bits per heavy atom. The first-order valence-corrected chi connectivity index (χ1v) is 11.6. The number of amides is 1. The Morgan fingerprint density at radius 3 is 2.56 bits per heavy atom. The summed E-state index contributed by atoms with van der Waals surface area (Å²) < 4.78 is 3.36. The van der Waals surface area contributed by atoms with Gasteiger partial charge in [0.1, 0.15) is 5.69 Å². The molecule has 1 atom stereocenters. The van der Waals surface area contributed by atoms with Crippen LogP contribution in [0.3, 0.4) is 0 Å². The van der Waals surface area contributed by atoms with Gasteiger partial charge in [-0.3, -0.25) is 14.0 Å². The molecule has 4 aromatic rings. The number of benzene rings is 1. The number of nitrogens with one attached hydrogen (secondary N) is 1. The molecule has 1 amide bonds. The number of aryl methyl sites for hydroxylation is 2. The van der Waals surface area contributed by atoms with Crippen LogP contribution in [0.15, 0.2) is 46.6 Å². The van der Waals surface area contributed by atoms with Crippen molar-refractivity contribution < 1.29 is 4.79 Å². The standard InChI is InChI=1S/C24H27N5O2S/c1-14(2)16(4)25-21(30)12-19-13-32-24-26-17(5)22(23(31)28(19)24)20-11-15(3)29(27-20)18-9-7-6-8-10-18/h6-11,13-14,16H,12H2,1-5H3,(H,25,30). The molecule has 0 fully saturated rings. The van der Waals surface area contributed by atoms with Crippen molar-refractivity contribution in [1.29, 1.82) is 0 Å². The fraction of sp³-hybridized carbons (Fsp3) is 0.333. The van der Waals surface area contributed by atoms with Crippen molar-refractivity contribution in [3.63, 3.8) is 0 Å². The Kier molecular flexibility index (Phi) is 5.97.